The molecule has 0 N–H and O–H groups in total. The molecule has 0 spiro atoms. The second-order valence-electron chi connectivity index (χ2n) is 5.29. The lowest BCUT2D eigenvalue weighted by Gasteiger charge is -2.08. The lowest BCUT2D eigenvalue weighted by Crippen LogP contribution is -2.08. The van der Waals surface area contributed by atoms with E-state index in [1.54, 1.807) is 30.3 Å². The Hall–Kier alpha value is -2.18. The predicted octanol–water partition coefficient (Wildman–Crippen LogP) is 4.39. The quantitative estimate of drug-likeness (QED) is 0.431. The van der Waals surface area contributed by atoms with Gasteiger partial charge < -0.3 is 13.9 Å². The summed E-state index contributed by atoms with van der Waals surface area (Å²) in [6.07, 6.45) is 0. The molecule has 0 atom stereocenters. The topological polar surface area (TPSA) is 48.7 Å². The van der Waals surface area contributed by atoms with Crippen molar-refractivity contribution in [1.82, 2.24) is 0 Å². The van der Waals surface area contributed by atoms with Gasteiger partial charge in [0.05, 0.1) is 18.6 Å². The molecule has 0 radical (unpaired) electrons. The van der Waals surface area contributed by atoms with Crippen molar-refractivity contribution in [2.45, 2.75) is 0 Å². The summed E-state index contributed by atoms with van der Waals surface area (Å²) >= 11 is 3.28. The summed E-state index contributed by atoms with van der Waals surface area (Å²) in [5.41, 5.74) is 0.918. The van der Waals surface area contributed by atoms with Crippen LogP contribution in [0.4, 0.5) is 4.39 Å². The Morgan fingerprint density at radius 2 is 1.80 bits per heavy atom. The third-order valence-electron chi connectivity index (χ3n) is 3.55. The molecule has 0 amide bonds. The predicted molar refractivity (Wildman–Crippen MR) is 98.0 cm³/mol. The Balaban J connectivity index is 1.81. The minimum Gasteiger partial charge on any atom is -0.491 e. The van der Waals surface area contributed by atoms with Gasteiger partial charge in [-0.2, -0.15) is 0 Å². The Morgan fingerprint density at radius 3 is 2.56 bits per heavy atom. The van der Waals surface area contributed by atoms with Crippen LogP contribution in [0.2, 0.25) is 0 Å². The smallest absolute Gasteiger partial charge is 0.193 e. The molecule has 0 aliphatic rings. The van der Waals surface area contributed by atoms with E-state index in [9.17, 15) is 9.18 Å². The Morgan fingerprint density at radius 1 is 1.00 bits per heavy atom. The average Bonchev–Trinajstić information content (AvgIpc) is 2.62. The SMILES string of the molecule is O=c1cc(-c2ccc(F)cc2)oc2ccc(OCCOCCBr)cc12. The maximum absolute atomic E-state index is 13.0. The molecule has 2 aromatic carbocycles. The van der Waals surface area contributed by atoms with Crippen molar-refractivity contribution in [2.24, 2.45) is 0 Å². The van der Waals surface area contributed by atoms with E-state index in [0.29, 0.717) is 47.9 Å². The molecule has 4 nitrogen and oxygen atoms in total. The van der Waals surface area contributed by atoms with Gasteiger partial charge in [0.25, 0.3) is 0 Å². The first-order valence-corrected chi connectivity index (χ1v) is 8.90. The second-order valence-corrected chi connectivity index (χ2v) is 6.08. The number of rotatable bonds is 7. The van der Waals surface area contributed by atoms with Crippen molar-refractivity contribution in [3.8, 4) is 17.1 Å². The van der Waals surface area contributed by atoms with Gasteiger partial charge in [0, 0.05) is 17.0 Å². The molecule has 0 saturated carbocycles. The summed E-state index contributed by atoms with van der Waals surface area (Å²) in [6.45, 7) is 1.50. The summed E-state index contributed by atoms with van der Waals surface area (Å²) in [5, 5.41) is 1.21. The van der Waals surface area contributed by atoms with Crippen molar-refractivity contribution in [3.63, 3.8) is 0 Å². The van der Waals surface area contributed by atoms with E-state index < -0.39 is 0 Å². The Bertz CT molecular complexity index is 905. The summed E-state index contributed by atoms with van der Waals surface area (Å²) in [5.74, 6) is 0.639. The lowest BCUT2D eigenvalue weighted by molar-refractivity contribution is 0.112. The maximum atomic E-state index is 13.0. The fourth-order valence-corrected chi connectivity index (χ4v) is 2.59. The third-order valence-corrected chi connectivity index (χ3v) is 3.87. The first kappa shape index (κ1) is 17.6. The first-order chi connectivity index (χ1) is 12.2. The number of benzene rings is 2. The Kier molecular flexibility index (Phi) is 5.83. The van der Waals surface area contributed by atoms with Gasteiger partial charge in [-0.25, -0.2) is 4.39 Å². The highest BCUT2D eigenvalue weighted by Gasteiger charge is 2.08. The highest BCUT2D eigenvalue weighted by molar-refractivity contribution is 9.09. The maximum Gasteiger partial charge on any atom is 0.193 e. The van der Waals surface area contributed by atoms with Crippen LogP contribution in [-0.2, 0) is 4.74 Å². The fourth-order valence-electron chi connectivity index (χ4n) is 2.36. The third kappa shape index (κ3) is 4.46. The number of fused-ring (bicyclic) bond motifs is 1. The van der Waals surface area contributed by atoms with Crippen LogP contribution in [0.3, 0.4) is 0 Å². The lowest BCUT2D eigenvalue weighted by atomic mass is 10.1. The van der Waals surface area contributed by atoms with E-state index in [0.717, 1.165) is 5.33 Å². The minimum atomic E-state index is -0.339. The molecule has 6 heteroatoms. The van der Waals surface area contributed by atoms with Gasteiger partial charge in [-0.1, -0.05) is 15.9 Å². The van der Waals surface area contributed by atoms with Crippen molar-refractivity contribution in [1.29, 1.82) is 0 Å². The van der Waals surface area contributed by atoms with Crippen LogP contribution in [-0.4, -0.2) is 25.2 Å². The van der Waals surface area contributed by atoms with Crippen molar-refractivity contribution in [3.05, 3.63) is 64.6 Å². The van der Waals surface area contributed by atoms with E-state index in [1.807, 2.05) is 0 Å². The molecule has 0 bridgehead atoms. The number of halogens is 2. The summed E-state index contributed by atoms with van der Waals surface area (Å²) in [7, 11) is 0. The number of ether oxygens (including phenoxy) is 2. The van der Waals surface area contributed by atoms with E-state index in [4.69, 9.17) is 13.9 Å². The molecule has 25 heavy (non-hydrogen) atoms. The highest BCUT2D eigenvalue weighted by Crippen LogP contribution is 2.24. The zero-order valence-corrected chi connectivity index (χ0v) is 14.9. The van der Waals surface area contributed by atoms with Gasteiger partial charge in [-0.15, -0.1) is 0 Å². The molecular formula is C19H16BrFO4. The normalized spacial score (nSPS) is 11.0. The zero-order chi connectivity index (χ0) is 17.6. The summed E-state index contributed by atoms with van der Waals surface area (Å²) in [4.78, 5) is 12.4. The van der Waals surface area contributed by atoms with E-state index in [1.165, 1.54) is 18.2 Å². The van der Waals surface area contributed by atoms with Gasteiger partial charge in [0.15, 0.2) is 5.43 Å². The first-order valence-electron chi connectivity index (χ1n) is 7.78. The highest BCUT2D eigenvalue weighted by atomic mass is 79.9. The molecule has 1 aromatic heterocycles. The van der Waals surface area contributed by atoms with Crippen LogP contribution in [0.5, 0.6) is 5.75 Å². The van der Waals surface area contributed by atoms with Crippen molar-refractivity contribution < 1.29 is 18.3 Å². The van der Waals surface area contributed by atoms with Gasteiger partial charge in [-0.05, 0) is 42.5 Å². The van der Waals surface area contributed by atoms with Crippen LogP contribution >= 0.6 is 15.9 Å². The van der Waals surface area contributed by atoms with E-state index in [-0.39, 0.29) is 11.2 Å². The van der Waals surface area contributed by atoms with Gasteiger partial charge in [-0.3, -0.25) is 4.79 Å². The molecule has 3 rings (SSSR count). The zero-order valence-electron chi connectivity index (χ0n) is 13.3. The molecule has 0 aliphatic heterocycles. The van der Waals surface area contributed by atoms with Crippen LogP contribution in [0, 0.1) is 5.82 Å². The van der Waals surface area contributed by atoms with Gasteiger partial charge in [0.1, 0.15) is 29.5 Å². The molecule has 0 aliphatic carbocycles. The van der Waals surface area contributed by atoms with E-state index in [2.05, 4.69) is 15.9 Å². The minimum absolute atomic E-state index is 0.179. The molecule has 3 aromatic rings. The molecule has 0 saturated heterocycles. The van der Waals surface area contributed by atoms with Gasteiger partial charge >= 0.3 is 0 Å². The van der Waals surface area contributed by atoms with Crippen LogP contribution < -0.4 is 10.2 Å². The molecule has 1 heterocycles. The molecule has 0 fully saturated rings. The fraction of sp³-hybridized carbons (Fsp3) is 0.211. The monoisotopic (exact) mass is 406 g/mol. The average molecular weight is 407 g/mol. The molecule has 130 valence electrons. The number of hydrogen-bond acceptors (Lipinski definition) is 4. The standard InChI is InChI=1S/C19H16BrFO4/c20-7-8-23-9-10-24-15-5-6-18-16(11-15)17(22)12-19(25-18)13-1-3-14(21)4-2-13/h1-6,11-12H,7-10H2. The summed E-state index contributed by atoms with van der Waals surface area (Å²) < 4.78 is 29.7. The second kappa shape index (κ2) is 8.27. The largest absolute Gasteiger partial charge is 0.491 e. The van der Waals surface area contributed by atoms with E-state index >= 15 is 0 Å². The van der Waals surface area contributed by atoms with Crippen LogP contribution in [0.15, 0.2) is 57.7 Å². The number of alkyl halides is 1. The molecule has 0 unspecified atom stereocenters. The van der Waals surface area contributed by atoms with Gasteiger partial charge in [0.2, 0.25) is 0 Å². The van der Waals surface area contributed by atoms with Crippen molar-refractivity contribution >= 4 is 26.9 Å². The van der Waals surface area contributed by atoms with Crippen LogP contribution in [0.1, 0.15) is 0 Å². The number of hydrogen-bond donors (Lipinski definition) is 0. The van der Waals surface area contributed by atoms with Crippen LogP contribution in [0.25, 0.3) is 22.3 Å². The molecular weight excluding hydrogens is 391 g/mol. The summed E-state index contributed by atoms with van der Waals surface area (Å²) in [6, 6.07) is 12.3. The van der Waals surface area contributed by atoms with Crippen molar-refractivity contribution in [2.75, 3.05) is 25.2 Å². The Labute approximate surface area is 152 Å².